The summed E-state index contributed by atoms with van der Waals surface area (Å²) in [4.78, 5) is 0. The van der Waals surface area contributed by atoms with Gasteiger partial charge < -0.3 is 5.92 Å². The van der Waals surface area contributed by atoms with Crippen LogP contribution in [0.5, 0.6) is 0 Å². The second-order valence-electron chi connectivity index (χ2n) is 6.76. The van der Waals surface area contributed by atoms with Crippen LogP contribution in [0.1, 0.15) is 46.2 Å². The Bertz CT molecular complexity index is 789. The van der Waals surface area contributed by atoms with Gasteiger partial charge in [-0.3, -0.25) is 4.68 Å². The van der Waals surface area contributed by atoms with Gasteiger partial charge >= 0.3 is 32.7 Å². The van der Waals surface area contributed by atoms with E-state index in [0.717, 1.165) is 28.1 Å². The van der Waals surface area contributed by atoms with E-state index in [9.17, 15) is 0 Å². The number of nitrogens with zero attached hydrogens (tertiary/aromatic N) is 3. The van der Waals surface area contributed by atoms with Gasteiger partial charge in [0.25, 0.3) is 0 Å². The molecule has 0 radical (unpaired) electrons. The van der Waals surface area contributed by atoms with Gasteiger partial charge in [0.2, 0.25) is 0 Å². The molecule has 3 nitrogen and oxygen atoms in total. The maximum Gasteiger partial charge on any atom is 3.00 e. The zero-order chi connectivity index (χ0) is 18.4. The van der Waals surface area contributed by atoms with Crippen LogP contribution in [-0.2, 0) is 32.7 Å². The zero-order valence-electron chi connectivity index (χ0n) is 16.3. The van der Waals surface area contributed by atoms with Crippen LogP contribution in [0.4, 0.5) is 0 Å². The third-order valence-corrected chi connectivity index (χ3v) is 3.42. The van der Waals surface area contributed by atoms with Crippen LogP contribution in [0.25, 0.3) is 22.5 Å². The van der Waals surface area contributed by atoms with Crippen molar-refractivity contribution in [2.75, 3.05) is 0 Å². The summed E-state index contributed by atoms with van der Waals surface area (Å²) < 4.78 is 1.94. The minimum Gasteiger partial charge on any atom is -0.323 e. The summed E-state index contributed by atoms with van der Waals surface area (Å²) in [7, 11) is 0. The monoisotopic (exact) mass is 421 g/mol. The summed E-state index contributed by atoms with van der Waals surface area (Å²) in [6.07, 6.45) is 0. The van der Waals surface area contributed by atoms with E-state index in [1.165, 1.54) is 5.92 Å². The first kappa shape index (κ1) is 22.6. The van der Waals surface area contributed by atoms with E-state index in [-0.39, 0.29) is 38.8 Å². The third kappa shape index (κ3) is 5.79. The average molecular weight is 421 g/mol. The second-order valence-corrected chi connectivity index (χ2v) is 6.76. The average Bonchev–Trinajstić information content (AvgIpc) is 3.00. The Morgan fingerprint density at radius 2 is 1.65 bits per heavy atom. The summed E-state index contributed by atoms with van der Waals surface area (Å²) in [6.45, 7) is 14.6. The summed E-state index contributed by atoms with van der Waals surface area (Å²) in [5, 5.41) is 8.71. The largest absolute Gasteiger partial charge is 3.00 e. The van der Waals surface area contributed by atoms with Crippen LogP contribution in [0, 0.1) is 18.9 Å². The van der Waals surface area contributed by atoms with Crippen molar-refractivity contribution >= 4 is 0 Å². The first-order chi connectivity index (χ1) is 11.9. The van der Waals surface area contributed by atoms with Gasteiger partial charge in [-0.25, -0.2) is 0 Å². The fourth-order valence-electron chi connectivity index (χ4n) is 2.38. The molecule has 1 aromatic heterocycles. The van der Waals surface area contributed by atoms with E-state index >= 15 is 0 Å². The minimum absolute atomic E-state index is 0. The molecule has 0 spiro atoms. The maximum absolute atomic E-state index is 4.38. The van der Waals surface area contributed by atoms with Crippen molar-refractivity contribution < 1.29 is 32.7 Å². The van der Waals surface area contributed by atoms with Crippen LogP contribution in [0.3, 0.4) is 0 Å². The number of hydrogen-bond donors (Lipinski definition) is 0. The molecule has 0 aliphatic heterocycles. The Hall–Kier alpha value is -1.45. The molecule has 0 saturated carbocycles. The van der Waals surface area contributed by atoms with Gasteiger partial charge in [-0.1, -0.05) is 11.3 Å². The molecule has 26 heavy (non-hydrogen) atoms. The van der Waals surface area contributed by atoms with Crippen LogP contribution < -0.4 is 0 Å². The molecule has 0 bridgehead atoms. The van der Waals surface area contributed by atoms with Crippen molar-refractivity contribution in [2.24, 2.45) is 0 Å². The van der Waals surface area contributed by atoms with Gasteiger partial charge in [0.1, 0.15) is 0 Å². The van der Waals surface area contributed by atoms with E-state index < -0.39 is 0 Å². The number of aromatic nitrogens is 3. The van der Waals surface area contributed by atoms with E-state index in [0.29, 0.717) is 0 Å². The molecule has 0 fully saturated rings. The Balaban J connectivity index is 0.000000616. The van der Waals surface area contributed by atoms with Crippen LogP contribution in [0.15, 0.2) is 48.5 Å². The quantitative estimate of drug-likeness (QED) is 0.501. The molecule has 3 aromatic rings. The van der Waals surface area contributed by atoms with Crippen LogP contribution in [-0.4, -0.2) is 15.0 Å². The Kier molecular flexibility index (Phi) is 9.25. The molecule has 0 atom stereocenters. The van der Waals surface area contributed by atoms with Gasteiger partial charge in [0.15, 0.2) is 0 Å². The van der Waals surface area contributed by atoms with Crippen molar-refractivity contribution in [3.63, 3.8) is 0 Å². The Morgan fingerprint density at radius 3 is 2.19 bits per heavy atom. The summed E-state index contributed by atoms with van der Waals surface area (Å²) in [5.41, 5.74) is 4.82. The predicted molar refractivity (Wildman–Crippen MR) is 105 cm³/mol. The van der Waals surface area contributed by atoms with E-state index in [4.69, 9.17) is 0 Å². The smallest absolute Gasteiger partial charge is 0.323 e. The van der Waals surface area contributed by atoms with E-state index in [2.05, 4.69) is 64.0 Å². The topological polar surface area (TPSA) is 30.7 Å². The van der Waals surface area contributed by atoms with Gasteiger partial charge in [-0.15, -0.1) is 53.6 Å². The molecule has 4 heteroatoms. The Labute approximate surface area is 183 Å². The predicted octanol–water partition coefficient (Wildman–Crippen LogP) is 5.79. The molecular weight excluding hydrogens is 395 g/mol. The summed E-state index contributed by atoms with van der Waals surface area (Å²) in [5.74, 6) is 1.42. The van der Waals surface area contributed by atoms with E-state index in [1.807, 2.05) is 47.1 Å². The first-order valence-electron chi connectivity index (χ1n) is 8.52. The molecule has 2 aromatic carbocycles. The molecule has 0 unspecified atom stereocenters. The first-order valence-corrected chi connectivity index (χ1v) is 8.52. The van der Waals surface area contributed by atoms with Crippen LogP contribution >= 0.6 is 0 Å². The number of rotatable bonds is 3. The second kappa shape index (κ2) is 10.6. The molecular formula is C22H26N3Y. The van der Waals surface area contributed by atoms with Crippen molar-refractivity contribution in [2.45, 2.75) is 40.7 Å². The molecule has 3 rings (SSSR count). The van der Waals surface area contributed by atoms with Crippen LogP contribution in [0.2, 0.25) is 0 Å². The minimum atomic E-state index is 0. The van der Waals surface area contributed by atoms with Crippen molar-refractivity contribution in [1.82, 2.24) is 15.0 Å². The van der Waals surface area contributed by atoms with E-state index in [1.54, 1.807) is 0 Å². The van der Waals surface area contributed by atoms with Gasteiger partial charge in [-0.05, 0) is 13.8 Å². The standard InChI is InChI=1S/C18H17N3.C4H9.Y/c1-13(2)21-18(16-12-8-7-9-14(16)3)17(19-20-21)15-10-5-4-6-11-15;1-4(2)3;/h4-10,12-13H,3H2,1-2H3;1-3H3;/q-2;-1;+3. The SMILES string of the molecule is C[C-](C)C.[CH2-]c1ccccc1-c1c(-c2[c-]cccc2)nnn1C(C)C.[Y+3]. The molecule has 132 valence electrons. The van der Waals surface area contributed by atoms with Crippen molar-refractivity contribution in [3.8, 4) is 22.5 Å². The molecule has 0 amide bonds. The fraction of sp³-hybridized carbons (Fsp3) is 0.273. The zero-order valence-corrected chi connectivity index (χ0v) is 19.2. The molecule has 0 aliphatic carbocycles. The maximum atomic E-state index is 4.38. The number of benzene rings is 2. The summed E-state index contributed by atoms with van der Waals surface area (Å²) in [6, 6.07) is 19.4. The third-order valence-electron chi connectivity index (χ3n) is 3.42. The molecule has 0 aliphatic rings. The van der Waals surface area contributed by atoms with Gasteiger partial charge in [-0.2, -0.15) is 44.4 Å². The van der Waals surface area contributed by atoms with Gasteiger partial charge in [0.05, 0.1) is 0 Å². The van der Waals surface area contributed by atoms with Gasteiger partial charge in [0, 0.05) is 17.4 Å². The fourth-order valence-corrected chi connectivity index (χ4v) is 2.38. The Morgan fingerprint density at radius 1 is 1.04 bits per heavy atom. The van der Waals surface area contributed by atoms with Crippen molar-refractivity contribution in [1.29, 1.82) is 0 Å². The molecule has 1 heterocycles. The number of hydrogen-bond acceptors (Lipinski definition) is 2. The summed E-state index contributed by atoms with van der Waals surface area (Å²) >= 11 is 0. The van der Waals surface area contributed by atoms with Crippen molar-refractivity contribution in [3.05, 3.63) is 73.0 Å². The molecule has 0 N–H and O–H groups in total. The molecule has 0 saturated heterocycles. The normalized spacial score (nSPS) is 10.3.